The molecule has 0 aliphatic heterocycles. The van der Waals surface area contributed by atoms with Gasteiger partial charge in [0, 0.05) is 13.6 Å². The fraction of sp³-hybridized carbons (Fsp3) is 0.727. The summed E-state index contributed by atoms with van der Waals surface area (Å²) in [6.45, 7) is 7.02. The summed E-state index contributed by atoms with van der Waals surface area (Å²) in [5, 5.41) is 11.4. The van der Waals surface area contributed by atoms with Crippen LogP contribution in [-0.2, 0) is 18.4 Å². The van der Waals surface area contributed by atoms with E-state index in [1.54, 1.807) is 0 Å². The molecule has 1 aromatic heterocycles. The van der Waals surface area contributed by atoms with Crippen LogP contribution < -0.4 is 11.1 Å². The second kappa shape index (κ2) is 6.75. The Hall–Kier alpha value is -1.08. The summed E-state index contributed by atoms with van der Waals surface area (Å²) in [6.07, 6.45) is 0. The third-order valence-corrected chi connectivity index (χ3v) is 3.58. The number of hydrogen-bond acceptors (Lipinski definition) is 5. The number of carbonyl (C=O) groups excluding carboxylic acids is 1. The van der Waals surface area contributed by atoms with E-state index >= 15 is 0 Å². The highest BCUT2D eigenvalue weighted by Gasteiger charge is 2.18. The van der Waals surface area contributed by atoms with Gasteiger partial charge in [0.2, 0.25) is 5.91 Å². The zero-order chi connectivity index (χ0) is 13.7. The van der Waals surface area contributed by atoms with Gasteiger partial charge in [0.1, 0.15) is 5.82 Å². The molecule has 1 heterocycles. The number of aromatic nitrogens is 3. The first-order chi connectivity index (χ1) is 8.45. The van der Waals surface area contributed by atoms with Crippen LogP contribution in [0.1, 0.15) is 26.6 Å². The lowest BCUT2D eigenvalue weighted by atomic mass is 10.2. The highest BCUT2D eigenvalue weighted by Crippen LogP contribution is 2.21. The molecule has 0 saturated carbocycles. The van der Waals surface area contributed by atoms with Gasteiger partial charge in [0.05, 0.1) is 11.8 Å². The van der Waals surface area contributed by atoms with Crippen molar-refractivity contribution in [3.8, 4) is 0 Å². The molecule has 0 saturated heterocycles. The molecule has 1 unspecified atom stereocenters. The number of nitrogens with one attached hydrogen (secondary N) is 1. The van der Waals surface area contributed by atoms with Gasteiger partial charge in [-0.25, -0.2) is 0 Å². The van der Waals surface area contributed by atoms with Gasteiger partial charge < -0.3 is 15.6 Å². The summed E-state index contributed by atoms with van der Waals surface area (Å²) in [7, 11) is 1.85. The molecule has 18 heavy (non-hydrogen) atoms. The van der Waals surface area contributed by atoms with E-state index in [0.29, 0.717) is 30.0 Å². The number of hydrogen-bond donors (Lipinski definition) is 2. The van der Waals surface area contributed by atoms with E-state index < -0.39 is 0 Å². The Kier molecular flexibility index (Phi) is 5.61. The Morgan fingerprint density at radius 2 is 2.11 bits per heavy atom. The summed E-state index contributed by atoms with van der Waals surface area (Å²) in [6, 6.07) is 0. The second-order valence-electron chi connectivity index (χ2n) is 4.56. The maximum Gasteiger partial charge on any atom is 0.233 e. The quantitative estimate of drug-likeness (QED) is 0.737. The van der Waals surface area contributed by atoms with Crippen LogP contribution in [0.25, 0.3) is 0 Å². The number of carbonyl (C=O) groups is 1. The SMILES string of the molecule is CC(C)CNC(=O)C(C)Sc1nnc(CN)n1C. The predicted octanol–water partition coefficient (Wildman–Crippen LogP) is 0.527. The molecule has 7 heteroatoms. The van der Waals surface area contributed by atoms with Crippen molar-refractivity contribution in [2.24, 2.45) is 18.7 Å². The van der Waals surface area contributed by atoms with Crippen molar-refractivity contribution >= 4 is 17.7 Å². The van der Waals surface area contributed by atoms with Crippen molar-refractivity contribution in [3.63, 3.8) is 0 Å². The minimum Gasteiger partial charge on any atom is -0.355 e. The molecule has 0 bridgehead atoms. The average molecular weight is 271 g/mol. The molecule has 0 aliphatic rings. The van der Waals surface area contributed by atoms with Gasteiger partial charge in [-0.15, -0.1) is 10.2 Å². The van der Waals surface area contributed by atoms with E-state index in [1.807, 2.05) is 18.5 Å². The third-order valence-electron chi connectivity index (χ3n) is 2.44. The molecule has 6 nitrogen and oxygen atoms in total. The summed E-state index contributed by atoms with van der Waals surface area (Å²) in [4.78, 5) is 11.8. The molecular formula is C11H21N5OS. The first kappa shape index (κ1) is 15.0. The number of nitrogens with zero attached hydrogens (tertiary/aromatic N) is 3. The molecule has 1 rings (SSSR count). The van der Waals surface area contributed by atoms with E-state index in [1.165, 1.54) is 11.8 Å². The van der Waals surface area contributed by atoms with Gasteiger partial charge in [-0.3, -0.25) is 4.79 Å². The van der Waals surface area contributed by atoms with E-state index in [4.69, 9.17) is 5.73 Å². The van der Waals surface area contributed by atoms with Gasteiger partial charge in [-0.05, 0) is 12.8 Å². The summed E-state index contributed by atoms with van der Waals surface area (Å²) in [5.41, 5.74) is 5.52. The number of nitrogens with two attached hydrogens (primary N) is 1. The maximum absolute atomic E-state index is 11.8. The van der Waals surface area contributed by atoms with Crippen LogP contribution in [0.15, 0.2) is 5.16 Å². The van der Waals surface area contributed by atoms with Crippen LogP contribution in [0.4, 0.5) is 0 Å². The Bertz CT molecular complexity index is 404. The lowest BCUT2D eigenvalue weighted by Crippen LogP contribution is -2.33. The van der Waals surface area contributed by atoms with Gasteiger partial charge in [-0.2, -0.15) is 0 Å². The molecule has 0 radical (unpaired) electrons. The van der Waals surface area contributed by atoms with Crippen LogP contribution in [0.2, 0.25) is 0 Å². The van der Waals surface area contributed by atoms with Crippen molar-refractivity contribution in [1.82, 2.24) is 20.1 Å². The van der Waals surface area contributed by atoms with Crippen LogP contribution in [0.3, 0.4) is 0 Å². The average Bonchev–Trinajstić information content (AvgIpc) is 2.67. The Balaban J connectivity index is 2.55. The van der Waals surface area contributed by atoms with E-state index in [2.05, 4.69) is 29.4 Å². The van der Waals surface area contributed by atoms with Crippen molar-refractivity contribution < 1.29 is 4.79 Å². The second-order valence-corrected chi connectivity index (χ2v) is 5.87. The third kappa shape index (κ3) is 3.99. The zero-order valence-corrected chi connectivity index (χ0v) is 12.1. The Morgan fingerprint density at radius 3 is 2.61 bits per heavy atom. The van der Waals surface area contributed by atoms with Gasteiger partial charge in [0.15, 0.2) is 5.16 Å². The normalized spacial score (nSPS) is 12.8. The largest absolute Gasteiger partial charge is 0.355 e. The van der Waals surface area contributed by atoms with Gasteiger partial charge in [0.25, 0.3) is 0 Å². The van der Waals surface area contributed by atoms with Gasteiger partial charge in [-0.1, -0.05) is 25.6 Å². The fourth-order valence-electron chi connectivity index (χ4n) is 1.29. The fourth-order valence-corrected chi connectivity index (χ4v) is 2.14. The summed E-state index contributed by atoms with van der Waals surface area (Å²) >= 11 is 1.39. The lowest BCUT2D eigenvalue weighted by molar-refractivity contribution is -0.120. The highest BCUT2D eigenvalue weighted by molar-refractivity contribution is 8.00. The molecule has 3 N–H and O–H groups in total. The molecular weight excluding hydrogens is 250 g/mol. The summed E-state index contributed by atoms with van der Waals surface area (Å²) in [5.74, 6) is 1.18. The van der Waals surface area contributed by atoms with Gasteiger partial charge >= 0.3 is 0 Å². The zero-order valence-electron chi connectivity index (χ0n) is 11.3. The molecule has 0 aromatic carbocycles. The number of amides is 1. The number of thioether (sulfide) groups is 1. The molecule has 0 aliphatic carbocycles. The molecule has 102 valence electrons. The van der Waals surface area contributed by atoms with Crippen molar-refractivity contribution in [3.05, 3.63) is 5.82 Å². The molecule has 1 atom stereocenters. The van der Waals surface area contributed by atoms with E-state index in [0.717, 1.165) is 0 Å². The molecule has 0 fully saturated rings. The minimum atomic E-state index is -0.197. The number of rotatable bonds is 6. The molecule has 1 aromatic rings. The van der Waals surface area contributed by atoms with E-state index in [-0.39, 0.29) is 11.2 Å². The van der Waals surface area contributed by atoms with Crippen LogP contribution in [0, 0.1) is 5.92 Å². The predicted molar refractivity (Wildman–Crippen MR) is 72.1 cm³/mol. The van der Waals surface area contributed by atoms with Crippen LogP contribution >= 0.6 is 11.8 Å². The minimum absolute atomic E-state index is 0.0194. The van der Waals surface area contributed by atoms with E-state index in [9.17, 15) is 4.79 Å². The standard InChI is InChI=1S/C11H21N5OS/c1-7(2)6-13-10(17)8(3)18-11-15-14-9(5-12)16(11)4/h7-8H,5-6,12H2,1-4H3,(H,13,17). The monoisotopic (exact) mass is 271 g/mol. The maximum atomic E-state index is 11.8. The van der Waals surface area contributed by atoms with Crippen molar-refractivity contribution in [1.29, 1.82) is 0 Å². The Morgan fingerprint density at radius 1 is 1.44 bits per heavy atom. The topological polar surface area (TPSA) is 85.8 Å². The lowest BCUT2D eigenvalue weighted by Gasteiger charge is -2.12. The molecule has 1 amide bonds. The smallest absolute Gasteiger partial charge is 0.233 e. The summed E-state index contributed by atoms with van der Waals surface area (Å²) < 4.78 is 1.82. The molecule has 0 spiro atoms. The van der Waals surface area contributed by atoms with Crippen LogP contribution in [-0.4, -0.2) is 32.5 Å². The first-order valence-corrected chi connectivity index (χ1v) is 6.86. The van der Waals surface area contributed by atoms with Crippen LogP contribution in [0.5, 0.6) is 0 Å². The van der Waals surface area contributed by atoms with Crippen molar-refractivity contribution in [2.45, 2.75) is 37.7 Å². The highest BCUT2D eigenvalue weighted by atomic mass is 32.2. The van der Waals surface area contributed by atoms with Crippen molar-refractivity contribution in [2.75, 3.05) is 6.54 Å². The first-order valence-electron chi connectivity index (χ1n) is 5.98. The Labute approximate surface area is 112 Å².